The van der Waals surface area contributed by atoms with Gasteiger partial charge in [0.15, 0.2) is 0 Å². The number of imidazole rings is 1. The van der Waals surface area contributed by atoms with E-state index in [0.717, 1.165) is 52.9 Å². The zero-order valence-electron chi connectivity index (χ0n) is 36.4. The SMILES string of the molecule is COC(=O)NC(C(=O)N1CC(C)C=C1CN=CC(=N)c1ccc(-c2ccc(-c3cnc(C4C=C(C)CN4C(=O)C(NC(=O)OC)C(C)C)[nH]3)cc2)c2c1C1CCC2C1)C(C)C. The van der Waals surface area contributed by atoms with Crippen LogP contribution in [0.1, 0.15) is 101 Å². The van der Waals surface area contributed by atoms with Crippen LogP contribution in [0.25, 0.3) is 22.4 Å². The number of hydrogen-bond acceptors (Lipinski definition) is 9. The fourth-order valence-electron chi connectivity index (χ4n) is 9.48. The Morgan fingerprint density at radius 3 is 2.16 bits per heavy atom. The zero-order valence-corrected chi connectivity index (χ0v) is 36.4. The number of nitrogens with one attached hydrogen (secondary N) is 4. The first-order valence-electron chi connectivity index (χ1n) is 21.3. The van der Waals surface area contributed by atoms with Crippen LogP contribution in [0.15, 0.2) is 71.0 Å². The van der Waals surface area contributed by atoms with Crippen LogP contribution in [0.4, 0.5) is 9.59 Å². The van der Waals surface area contributed by atoms with Gasteiger partial charge in [0.2, 0.25) is 11.8 Å². The minimum absolute atomic E-state index is 0.137. The number of amides is 4. The minimum atomic E-state index is -0.739. The summed E-state index contributed by atoms with van der Waals surface area (Å²) in [6.45, 7) is 12.8. The Morgan fingerprint density at radius 2 is 1.52 bits per heavy atom. The highest BCUT2D eigenvalue weighted by atomic mass is 16.5. The van der Waals surface area contributed by atoms with Gasteiger partial charge in [-0.2, -0.15) is 0 Å². The molecule has 2 aromatic carbocycles. The molecule has 6 unspecified atom stereocenters. The lowest BCUT2D eigenvalue weighted by Gasteiger charge is -2.30. The highest BCUT2D eigenvalue weighted by Crippen LogP contribution is 2.57. The molecule has 3 heterocycles. The van der Waals surface area contributed by atoms with Gasteiger partial charge in [-0.1, -0.05) is 88.7 Å². The third-order valence-corrected chi connectivity index (χ3v) is 12.5. The predicted octanol–water partition coefficient (Wildman–Crippen LogP) is 7.50. The lowest BCUT2D eigenvalue weighted by atomic mass is 9.82. The third-order valence-electron chi connectivity index (χ3n) is 12.5. The van der Waals surface area contributed by atoms with Gasteiger partial charge in [-0.25, -0.2) is 14.6 Å². The van der Waals surface area contributed by atoms with E-state index < -0.39 is 30.3 Å². The molecule has 0 spiro atoms. The number of carbonyl (C=O) groups excluding carboxylic acids is 4. The highest BCUT2D eigenvalue weighted by molar-refractivity contribution is 6.37. The van der Waals surface area contributed by atoms with Crippen molar-refractivity contribution in [1.29, 1.82) is 5.41 Å². The van der Waals surface area contributed by atoms with Crippen molar-refractivity contribution in [3.63, 3.8) is 0 Å². The van der Waals surface area contributed by atoms with Crippen molar-refractivity contribution >= 4 is 35.9 Å². The molecular formula is C47H58N8O6. The first-order valence-corrected chi connectivity index (χ1v) is 21.3. The van der Waals surface area contributed by atoms with Gasteiger partial charge in [0.05, 0.1) is 38.4 Å². The standard InChI is InChI=1S/C47H58N8O6/c1-25(2)41(52-46(58)60-7)44(56)54-23-27(5)17-33(54)20-49-21-36(48)35-16-15-34(39-31-13-14-32(19-31)40(35)39)29-9-11-30(12-10-29)37-22-50-43(51-37)38-18-28(6)24-55(38)45(57)42(26(3)4)53-47(59)61-8/h9-12,15-18,21-22,25-27,31-32,38,41-42,48H,13-14,19-20,23-24H2,1-8H3,(H,50,51)(H,52,58)(H,53,59). The van der Waals surface area contributed by atoms with Gasteiger partial charge in [-0.15, -0.1) is 0 Å². The van der Waals surface area contributed by atoms with Crippen LogP contribution < -0.4 is 10.6 Å². The van der Waals surface area contributed by atoms with Gasteiger partial charge in [0, 0.05) is 30.6 Å². The molecule has 4 amide bonds. The Kier molecular flexibility index (Phi) is 12.6. The fraction of sp³-hybridized carbons (Fsp3) is 0.468. The summed E-state index contributed by atoms with van der Waals surface area (Å²) in [5.41, 5.74) is 9.75. The molecule has 6 atom stereocenters. The van der Waals surface area contributed by atoms with Crippen molar-refractivity contribution in [1.82, 2.24) is 30.4 Å². The molecule has 1 aromatic heterocycles. The monoisotopic (exact) mass is 830 g/mol. The van der Waals surface area contributed by atoms with E-state index in [1.807, 2.05) is 53.7 Å². The lowest BCUT2D eigenvalue weighted by Crippen LogP contribution is -2.51. The number of aromatic amines is 1. The van der Waals surface area contributed by atoms with Crippen LogP contribution in [0.5, 0.6) is 0 Å². The molecule has 14 heteroatoms. The van der Waals surface area contributed by atoms with Gasteiger partial charge in [-0.3, -0.25) is 20.0 Å². The van der Waals surface area contributed by atoms with Crippen molar-refractivity contribution in [3.8, 4) is 22.4 Å². The van der Waals surface area contributed by atoms with E-state index in [9.17, 15) is 19.2 Å². The van der Waals surface area contributed by atoms with Crippen LogP contribution >= 0.6 is 0 Å². The Labute approximate surface area is 357 Å². The summed E-state index contributed by atoms with van der Waals surface area (Å²) < 4.78 is 9.55. The molecule has 4 N–H and O–H groups in total. The van der Waals surface area contributed by atoms with Crippen molar-refractivity contribution in [2.24, 2.45) is 22.7 Å². The van der Waals surface area contributed by atoms with Crippen LogP contribution in [-0.2, 0) is 19.1 Å². The van der Waals surface area contributed by atoms with Crippen LogP contribution in [0.3, 0.4) is 0 Å². The Morgan fingerprint density at radius 1 is 0.902 bits per heavy atom. The second-order valence-corrected chi connectivity index (χ2v) is 17.6. The quantitative estimate of drug-likeness (QED) is 0.102. The number of fused-ring (bicyclic) bond motifs is 5. The Hall–Kier alpha value is -6.05. The van der Waals surface area contributed by atoms with E-state index in [0.29, 0.717) is 36.5 Å². The van der Waals surface area contributed by atoms with E-state index in [2.05, 4.69) is 57.0 Å². The Balaban J connectivity index is 1.07. The number of methoxy groups -OCH3 is 2. The molecule has 4 aliphatic rings. The van der Waals surface area contributed by atoms with E-state index in [4.69, 9.17) is 19.9 Å². The number of hydrogen-bond donors (Lipinski definition) is 4. The number of ether oxygens (including phenoxy) is 2. The number of aliphatic imine (C=N–C) groups is 1. The molecular weight excluding hydrogens is 773 g/mol. The molecule has 61 heavy (non-hydrogen) atoms. The Bertz CT molecular complexity index is 2290. The summed E-state index contributed by atoms with van der Waals surface area (Å²) in [4.78, 5) is 67.7. The second kappa shape index (κ2) is 17.9. The molecule has 1 fully saturated rings. The fourth-order valence-corrected chi connectivity index (χ4v) is 9.48. The predicted molar refractivity (Wildman–Crippen MR) is 234 cm³/mol. The van der Waals surface area contributed by atoms with Crippen LogP contribution in [-0.4, -0.2) is 102 Å². The number of rotatable bonds is 13. The zero-order chi connectivity index (χ0) is 43.7. The maximum absolute atomic E-state index is 13.7. The van der Waals surface area contributed by atoms with Crippen molar-refractivity contribution in [2.75, 3.05) is 33.9 Å². The summed E-state index contributed by atoms with van der Waals surface area (Å²) >= 11 is 0. The number of aromatic nitrogens is 2. The topological polar surface area (TPSA) is 182 Å². The largest absolute Gasteiger partial charge is 0.453 e. The van der Waals surface area contributed by atoms with Gasteiger partial charge < -0.3 is 34.9 Å². The molecule has 2 aliphatic heterocycles. The minimum Gasteiger partial charge on any atom is -0.453 e. The van der Waals surface area contributed by atoms with E-state index >= 15 is 0 Å². The number of H-pyrrole nitrogens is 1. The molecule has 0 saturated heterocycles. The van der Waals surface area contributed by atoms with E-state index in [1.54, 1.807) is 22.2 Å². The van der Waals surface area contributed by atoms with Crippen molar-refractivity contribution < 1.29 is 28.7 Å². The average molecular weight is 831 g/mol. The number of nitrogens with zero attached hydrogens (tertiary/aromatic N) is 4. The summed E-state index contributed by atoms with van der Waals surface area (Å²) in [5.74, 6) is 0.960. The van der Waals surface area contributed by atoms with Crippen molar-refractivity contribution in [3.05, 3.63) is 88.5 Å². The smallest absolute Gasteiger partial charge is 0.407 e. The summed E-state index contributed by atoms with van der Waals surface area (Å²) in [7, 11) is 2.57. The molecule has 2 aliphatic carbocycles. The number of benzene rings is 2. The molecule has 3 aromatic rings. The normalized spacial score (nSPS) is 21.4. The summed E-state index contributed by atoms with van der Waals surface area (Å²) in [6, 6.07) is 10.8. The molecule has 14 nitrogen and oxygen atoms in total. The van der Waals surface area contributed by atoms with Gasteiger partial charge in [-0.05, 0) is 83.6 Å². The number of carbonyl (C=O) groups is 4. The van der Waals surface area contributed by atoms with Gasteiger partial charge in [0.1, 0.15) is 23.9 Å². The molecule has 2 bridgehead atoms. The van der Waals surface area contributed by atoms with Gasteiger partial charge >= 0.3 is 12.2 Å². The van der Waals surface area contributed by atoms with E-state index in [-0.39, 0.29) is 36.1 Å². The summed E-state index contributed by atoms with van der Waals surface area (Å²) in [5, 5.41) is 14.5. The number of alkyl carbamates (subject to hydrolysis) is 2. The molecule has 7 rings (SSSR count). The molecule has 322 valence electrons. The van der Waals surface area contributed by atoms with Crippen molar-refractivity contribution in [2.45, 2.75) is 90.8 Å². The molecule has 1 saturated carbocycles. The first kappa shape index (κ1) is 43.1. The van der Waals surface area contributed by atoms with E-state index in [1.165, 1.54) is 30.9 Å². The second-order valence-electron chi connectivity index (χ2n) is 17.6. The lowest BCUT2D eigenvalue weighted by molar-refractivity contribution is -0.135. The highest BCUT2D eigenvalue weighted by Gasteiger charge is 2.41. The molecule has 0 radical (unpaired) electrons. The van der Waals surface area contributed by atoms with Gasteiger partial charge in [0.25, 0.3) is 0 Å². The van der Waals surface area contributed by atoms with Crippen LogP contribution in [0, 0.1) is 23.2 Å². The first-order chi connectivity index (χ1) is 29.2. The summed E-state index contributed by atoms with van der Waals surface area (Å²) in [6.07, 6.45) is 9.52. The third kappa shape index (κ3) is 8.76. The maximum atomic E-state index is 13.7. The van der Waals surface area contributed by atoms with Crippen LogP contribution in [0.2, 0.25) is 0 Å². The maximum Gasteiger partial charge on any atom is 0.407 e. The average Bonchev–Trinajstić information content (AvgIpc) is 4.10.